The molecule has 2 aromatic heterocycles. The Morgan fingerprint density at radius 2 is 2.08 bits per heavy atom. The third kappa shape index (κ3) is 3.50. The molecule has 3 rings (SSSR count). The number of imidazole rings is 1. The topological polar surface area (TPSA) is 46.8 Å². The lowest BCUT2D eigenvalue weighted by Gasteiger charge is -2.20. The van der Waals surface area contributed by atoms with Gasteiger partial charge in [0.2, 0.25) is 5.91 Å². The summed E-state index contributed by atoms with van der Waals surface area (Å²) >= 11 is 12.8. The molecule has 0 bridgehead atoms. The number of rotatable bonds is 5. The van der Waals surface area contributed by atoms with Crippen molar-refractivity contribution >= 4 is 40.4 Å². The molecule has 0 radical (unpaired) electrons. The van der Waals surface area contributed by atoms with Crippen molar-refractivity contribution in [1.29, 1.82) is 0 Å². The first-order chi connectivity index (χ1) is 12.4. The number of hydrogen-bond donors (Lipinski definition) is 0. The Balaban J connectivity index is 1.91. The van der Waals surface area contributed by atoms with E-state index in [0.717, 1.165) is 11.3 Å². The molecule has 3 aromatic rings. The maximum absolute atomic E-state index is 12.0. The van der Waals surface area contributed by atoms with Gasteiger partial charge in [0, 0.05) is 36.4 Å². The van der Waals surface area contributed by atoms with E-state index < -0.39 is 0 Å². The molecule has 0 aliphatic rings. The van der Waals surface area contributed by atoms with Gasteiger partial charge in [0.25, 0.3) is 0 Å². The maximum atomic E-state index is 12.0. The van der Waals surface area contributed by atoms with Gasteiger partial charge < -0.3 is 14.0 Å². The monoisotopic (exact) mass is 391 g/mol. The van der Waals surface area contributed by atoms with E-state index in [1.807, 2.05) is 35.9 Å². The molecule has 136 valence electrons. The van der Waals surface area contributed by atoms with Crippen molar-refractivity contribution in [2.45, 2.75) is 26.9 Å². The van der Waals surface area contributed by atoms with Crippen LogP contribution >= 0.6 is 23.2 Å². The fourth-order valence-electron chi connectivity index (χ4n) is 2.72. The van der Waals surface area contributed by atoms with Gasteiger partial charge in [-0.25, -0.2) is 4.98 Å². The fourth-order valence-corrected chi connectivity index (χ4v) is 3.33. The van der Waals surface area contributed by atoms with E-state index in [2.05, 4.69) is 4.98 Å². The van der Waals surface area contributed by atoms with Crippen LogP contribution in [0, 0.1) is 6.92 Å². The van der Waals surface area contributed by atoms with Gasteiger partial charge in [0.05, 0.1) is 16.4 Å². The molecule has 0 N–H and O–H groups in total. The number of halogens is 2. The molecule has 0 saturated heterocycles. The van der Waals surface area contributed by atoms with Crippen LogP contribution in [0.1, 0.15) is 24.6 Å². The van der Waals surface area contributed by atoms with Crippen molar-refractivity contribution in [3.8, 4) is 5.75 Å². The van der Waals surface area contributed by atoms with E-state index in [9.17, 15) is 4.79 Å². The molecule has 0 saturated carbocycles. The van der Waals surface area contributed by atoms with Crippen LogP contribution < -0.4 is 9.64 Å². The minimum atomic E-state index is -0.0290. The van der Waals surface area contributed by atoms with Crippen LogP contribution in [-0.4, -0.2) is 22.3 Å². The standard InChI is InChI=1S/C19H19Cl2N3O2/c1-4-17(25)23(3)15-8-7-14(20)13(18(15)21)11-26-16-6-5-9-24-10-12(2)22-19(16)24/h5-10H,4,11H2,1-3H3. The predicted octanol–water partition coefficient (Wildman–Crippen LogP) is 4.90. The summed E-state index contributed by atoms with van der Waals surface area (Å²) in [5.74, 6) is 0.606. The molecule has 2 heterocycles. The van der Waals surface area contributed by atoms with Crippen LogP contribution in [0.15, 0.2) is 36.7 Å². The van der Waals surface area contributed by atoms with Crippen LogP contribution in [0.4, 0.5) is 5.69 Å². The third-order valence-electron chi connectivity index (χ3n) is 4.14. The number of ether oxygens (including phenoxy) is 1. The molecule has 1 amide bonds. The van der Waals surface area contributed by atoms with Gasteiger partial charge in [0.15, 0.2) is 11.4 Å². The van der Waals surface area contributed by atoms with Gasteiger partial charge in [-0.05, 0) is 31.2 Å². The number of benzene rings is 1. The van der Waals surface area contributed by atoms with E-state index in [1.54, 1.807) is 26.1 Å². The lowest BCUT2D eigenvalue weighted by Crippen LogP contribution is -2.25. The highest BCUT2D eigenvalue weighted by atomic mass is 35.5. The van der Waals surface area contributed by atoms with Crippen LogP contribution in [0.2, 0.25) is 10.0 Å². The van der Waals surface area contributed by atoms with Gasteiger partial charge in [0.1, 0.15) is 6.61 Å². The molecule has 0 fully saturated rings. The van der Waals surface area contributed by atoms with E-state index in [0.29, 0.717) is 33.5 Å². The molecule has 0 aliphatic heterocycles. The van der Waals surface area contributed by atoms with Crippen molar-refractivity contribution in [2.24, 2.45) is 0 Å². The number of amides is 1. The molecular weight excluding hydrogens is 373 g/mol. The molecular formula is C19H19Cl2N3O2. The van der Waals surface area contributed by atoms with Gasteiger partial charge >= 0.3 is 0 Å². The predicted molar refractivity (Wildman–Crippen MR) is 104 cm³/mol. The molecule has 7 heteroatoms. The van der Waals surface area contributed by atoms with Crippen molar-refractivity contribution in [3.63, 3.8) is 0 Å². The second-order valence-electron chi connectivity index (χ2n) is 5.94. The van der Waals surface area contributed by atoms with Crippen molar-refractivity contribution < 1.29 is 9.53 Å². The van der Waals surface area contributed by atoms with E-state index in [1.165, 1.54) is 4.90 Å². The first kappa shape index (κ1) is 18.5. The second kappa shape index (κ2) is 7.56. The Morgan fingerprint density at radius 1 is 1.31 bits per heavy atom. The lowest BCUT2D eigenvalue weighted by molar-refractivity contribution is -0.118. The Morgan fingerprint density at radius 3 is 2.81 bits per heavy atom. The summed E-state index contributed by atoms with van der Waals surface area (Å²) in [5, 5.41) is 0.899. The van der Waals surface area contributed by atoms with Crippen LogP contribution in [0.5, 0.6) is 5.75 Å². The largest absolute Gasteiger partial charge is 0.485 e. The Hall–Kier alpha value is -2.24. The summed E-state index contributed by atoms with van der Waals surface area (Å²) in [4.78, 5) is 18.0. The zero-order chi connectivity index (χ0) is 18.8. The molecule has 0 unspecified atom stereocenters. The average molecular weight is 392 g/mol. The Labute approximate surface area is 162 Å². The summed E-state index contributed by atoms with van der Waals surface area (Å²) in [6.07, 6.45) is 4.23. The number of fused-ring (bicyclic) bond motifs is 1. The quantitative estimate of drug-likeness (QED) is 0.621. The maximum Gasteiger partial charge on any atom is 0.226 e. The number of carbonyl (C=O) groups is 1. The average Bonchev–Trinajstić information content (AvgIpc) is 3.01. The van der Waals surface area contributed by atoms with Crippen LogP contribution in [0.25, 0.3) is 5.65 Å². The third-order valence-corrected chi connectivity index (χ3v) is 4.92. The van der Waals surface area contributed by atoms with E-state index in [4.69, 9.17) is 27.9 Å². The number of nitrogens with zero attached hydrogens (tertiary/aromatic N) is 3. The zero-order valence-corrected chi connectivity index (χ0v) is 16.3. The van der Waals surface area contributed by atoms with E-state index >= 15 is 0 Å². The van der Waals surface area contributed by atoms with Gasteiger partial charge in [-0.15, -0.1) is 0 Å². The SMILES string of the molecule is CCC(=O)N(C)c1ccc(Cl)c(COc2cccn3cc(C)nc23)c1Cl. The summed E-state index contributed by atoms with van der Waals surface area (Å²) in [7, 11) is 1.69. The van der Waals surface area contributed by atoms with Crippen LogP contribution in [-0.2, 0) is 11.4 Å². The Kier molecular flexibility index (Phi) is 5.39. The number of hydrogen-bond acceptors (Lipinski definition) is 3. The molecule has 0 atom stereocenters. The molecule has 26 heavy (non-hydrogen) atoms. The number of aryl methyl sites for hydroxylation is 1. The highest BCUT2D eigenvalue weighted by Gasteiger charge is 2.18. The lowest BCUT2D eigenvalue weighted by atomic mass is 10.2. The second-order valence-corrected chi connectivity index (χ2v) is 6.72. The number of anilines is 1. The van der Waals surface area contributed by atoms with Crippen molar-refractivity contribution in [2.75, 3.05) is 11.9 Å². The molecule has 1 aromatic carbocycles. The minimum Gasteiger partial charge on any atom is -0.485 e. The molecule has 0 aliphatic carbocycles. The fraction of sp³-hybridized carbons (Fsp3) is 0.263. The Bertz CT molecular complexity index is 969. The van der Waals surface area contributed by atoms with Crippen molar-refractivity contribution in [3.05, 3.63) is 58.0 Å². The molecule has 5 nitrogen and oxygen atoms in total. The highest BCUT2D eigenvalue weighted by molar-refractivity contribution is 6.38. The summed E-state index contributed by atoms with van der Waals surface area (Å²) in [6, 6.07) is 7.19. The summed E-state index contributed by atoms with van der Waals surface area (Å²) in [5.41, 5.74) is 2.87. The summed E-state index contributed by atoms with van der Waals surface area (Å²) in [6.45, 7) is 3.90. The smallest absolute Gasteiger partial charge is 0.226 e. The van der Waals surface area contributed by atoms with Gasteiger partial charge in [-0.2, -0.15) is 0 Å². The highest BCUT2D eigenvalue weighted by Crippen LogP contribution is 2.35. The van der Waals surface area contributed by atoms with Gasteiger partial charge in [-0.1, -0.05) is 30.1 Å². The minimum absolute atomic E-state index is 0.0290. The zero-order valence-electron chi connectivity index (χ0n) is 14.8. The first-order valence-corrected chi connectivity index (χ1v) is 8.98. The number of aromatic nitrogens is 2. The van der Waals surface area contributed by atoms with E-state index in [-0.39, 0.29) is 12.5 Å². The normalized spacial score (nSPS) is 11.0. The summed E-state index contributed by atoms with van der Waals surface area (Å²) < 4.78 is 7.85. The number of carbonyl (C=O) groups excluding carboxylic acids is 1. The van der Waals surface area contributed by atoms with Gasteiger partial charge in [-0.3, -0.25) is 4.79 Å². The molecule has 0 spiro atoms. The number of pyridine rings is 1. The van der Waals surface area contributed by atoms with Crippen LogP contribution in [0.3, 0.4) is 0 Å². The first-order valence-electron chi connectivity index (χ1n) is 8.23. The van der Waals surface area contributed by atoms with Crippen molar-refractivity contribution in [1.82, 2.24) is 9.38 Å².